The molecule has 0 amide bonds. The van der Waals surface area contributed by atoms with Gasteiger partial charge >= 0.3 is 19.5 Å². The first-order chi connectivity index (χ1) is 10.9. The Kier molecular flexibility index (Phi) is 99.9. The summed E-state index contributed by atoms with van der Waals surface area (Å²) in [5, 5.41) is 44.2. The second-order valence-electron chi connectivity index (χ2n) is 2.17. The van der Waals surface area contributed by atoms with Gasteiger partial charge in [-0.1, -0.05) is 0 Å². The van der Waals surface area contributed by atoms with Gasteiger partial charge in [0.25, 0.3) is 0 Å². The van der Waals surface area contributed by atoms with E-state index in [1.54, 1.807) is 0 Å². The number of rotatable bonds is 3. The van der Waals surface area contributed by atoms with Gasteiger partial charge in [-0.05, 0) is 0 Å². The molecule has 156 valence electrons. The normalized spacial score (nSPS) is 6.48. The van der Waals surface area contributed by atoms with E-state index in [2.05, 4.69) is 0 Å². The fourth-order valence-corrected chi connectivity index (χ4v) is 0. The minimum atomic E-state index is -1.75. The Bertz CT molecular complexity index is 196. The van der Waals surface area contributed by atoms with Crippen LogP contribution in [0.5, 0.6) is 0 Å². The predicted molar refractivity (Wildman–Crippen MR) is 86.2 cm³/mol. The van der Waals surface area contributed by atoms with Crippen molar-refractivity contribution in [1.82, 2.24) is 0 Å². The van der Waals surface area contributed by atoms with Crippen molar-refractivity contribution in [3.05, 3.63) is 80.4 Å². The van der Waals surface area contributed by atoms with Crippen molar-refractivity contribution in [2.75, 3.05) is 39.3 Å². The molecule has 19 heteroatoms. The van der Waals surface area contributed by atoms with Crippen molar-refractivity contribution < 1.29 is 34.7 Å². The van der Waals surface area contributed by atoms with E-state index in [0.29, 0.717) is 0 Å². The molecule has 0 aromatic heterocycles. The summed E-state index contributed by atoms with van der Waals surface area (Å²) in [7, 11) is 0. The molecule has 0 radical (unpaired) electrons. The number of hydrogen-bond acceptors (Lipinski definition) is 9. The zero-order valence-electron chi connectivity index (χ0n) is 12.6. The molecule has 0 saturated carbocycles. The minimum Gasteiger partial charge on any atom is -0.679 e. The molecule has 0 aromatic rings. The van der Waals surface area contributed by atoms with Gasteiger partial charge in [0.05, 0.1) is 15.3 Å². The first-order valence-corrected chi connectivity index (χ1v) is 5.26. The summed E-state index contributed by atoms with van der Waals surface area (Å²) in [6.45, 7) is 1.42. The molecule has 18 nitrogen and oxygen atoms in total. The smallest absolute Gasteiger partial charge is 0.679 e. The predicted octanol–water partition coefficient (Wildman–Crippen LogP) is 2.55. The Hall–Kier alpha value is -2.02. The molecule has 25 heavy (non-hydrogen) atoms. The summed E-state index contributed by atoms with van der Waals surface area (Å²) in [4.78, 5) is 24.8. The summed E-state index contributed by atoms with van der Waals surface area (Å²) in [6, 6.07) is 0. The number of nitrogens with zero attached hydrogens (tertiary/aromatic N) is 3. The van der Waals surface area contributed by atoms with Crippen LogP contribution >= 0.6 is 0 Å². The van der Waals surface area contributed by atoms with Crippen LogP contribution in [0.25, 0.3) is 34.4 Å². The summed E-state index contributed by atoms with van der Waals surface area (Å²) < 4.78 is 0. The van der Waals surface area contributed by atoms with E-state index >= 15 is 0 Å². The van der Waals surface area contributed by atoms with Crippen molar-refractivity contribution in [3.8, 4) is 0 Å². The quantitative estimate of drug-likeness (QED) is 0.336. The van der Waals surface area contributed by atoms with Crippen molar-refractivity contribution in [2.24, 2.45) is 0 Å². The topological polar surface area (TPSA) is 341 Å². The van der Waals surface area contributed by atoms with E-state index < -0.39 is 15.3 Å². The van der Waals surface area contributed by atoms with Gasteiger partial charge in [0.1, 0.15) is 0 Å². The Morgan fingerprint density at radius 3 is 0.480 bits per heavy atom. The van der Waals surface area contributed by atoms with Crippen LogP contribution in [0.3, 0.4) is 0 Å². The molecule has 0 aromatic carbocycles. The van der Waals surface area contributed by atoms with Gasteiger partial charge in [0.2, 0.25) is 0 Å². The van der Waals surface area contributed by atoms with Gasteiger partial charge < -0.3 is 80.4 Å². The van der Waals surface area contributed by atoms with Crippen LogP contribution in [-0.2, 0) is 19.5 Å². The minimum absolute atomic E-state index is 0. The zero-order chi connectivity index (χ0) is 21.0. The molecule has 0 unspecified atom stereocenters. The largest absolute Gasteiger partial charge is 3.00 e. The standard InChI is InChI=1S/3C2H6N2.3NO3.Rh/c3*3-1-2-4;3*2-1(3)4;/h3*3-4H,1-2H2;;;;/q3*-2;3*-1;+3. The third-order valence-electron chi connectivity index (χ3n) is 0.375. The summed E-state index contributed by atoms with van der Waals surface area (Å²) in [5.74, 6) is 0. The van der Waals surface area contributed by atoms with Gasteiger partial charge in [-0.25, -0.2) is 0 Å². The van der Waals surface area contributed by atoms with Crippen molar-refractivity contribution >= 4 is 0 Å². The van der Waals surface area contributed by atoms with Crippen LogP contribution < -0.4 is 0 Å². The van der Waals surface area contributed by atoms with Crippen LogP contribution in [0.4, 0.5) is 0 Å². The van der Waals surface area contributed by atoms with Gasteiger partial charge in [-0.2, -0.15) is 39.3 Å². The molecule has 0 heterocycles. The molecular weight excluding hydrogens is 445 g/mol. The maximum absolute atomic E-state index is 8.25. The average molecular weight is 463 g/mol. The van der Waals surface area contributed by atoms with E-state index in [-0.39, 0.29) is 58.7 Å². The fourth-order valence-electron chi connectivity index (χ4n) is 0. The second-order valence-corrected chi connectivity index (χ2v) is 2.17. The number of nitrogens with one attached hydrogen (secondary N) is 6. The van der Waals surface area contributed by atoms with E-state index in [4.69, 9.17) is 80.4 Å². The summed E-state index contributed by atoms with van der Waals surface area (Å²) in [5.41, 5.74) is 37.6. The van der Waals surface area contributed by atoms with Crippen molar-refractivity contribution in [1.29, 1.82) is 0 Å². The molecule has 0 atom stereocenters. The fraction of sp³-hybridized carbons (Fsp3) is 1.00. The van der Waals surface area contributed by atoms with E-state index in [9.17, 15) is 0 Å². The molecule has 0 spiro atoms. The van der Waals surface area contributed by atoms with E-state index in [0.717, 1.165) is 0 Å². The van der Waals surface area contributed by atoms with Gasteiger partial charge in [0.15, 0.2) is 0 Å². The Morgan fingerprint density at radius 1 is 0.440 bits per heavy atom. The molecule has 0 aliphatic rings. The maximum atomic E-state index is 8.25. The monoisotopic (exact) mass is 463 g/mol. The van der Waals surface area contributed by atoms with Crippen LogP contribution in [-0.4, -0.2) is 54.5 Å². The van der Waals surface area contributed by atoms with Gasteiger partial charge in [0, 0.05) is 0 Å². The zero-order valence-corrected chi connectivity index (χ0v) is 14.2. The van der Waals surface area contributed by atoms with Crippen LogP contribution in [0, 0.1) is 46.0 Å². The van der Waals surface area contributed by atoms with Gasteiger partial charge in [-0.15, -0.1) is 0 Å². The van der Waals surface area contributed by atoms with Crippen LogP contribution in [0.2, 0.25) is 0 Å². The Balaban J connectivity index is -0.0000000309. The molecule has 0 rings (SSSR count). The average Bonchev–Trinajstić information content (AvgIpc) is 2.45. The molecule has 0 aliphatic carbocycles. The Labute approximate surface area is 155 Å². The molecule has 6 N–H and O–H groups in total. The molecular formula is C6H18N9O9Rh-6. The summed E-state index contributed by atoms with van der Waals surface area (Å²) >= 11 is 0. The first-order valence-electron chi connectivity index (χ1n) is 5.26. The second kappa shape index (κ2) is 57.4. The molecule has 0 fully saturated rings. The van der Waals surface area contributed by atoms with Crippen molar-refractivity contribution in [3.63, 3.8) is 0 Å². The number of hydrogen-bond donors (Lipinski definition) is 0. The first kappa shape index (κ1) is 43.5. The van der Waals surface area contributed by atoms with E-state index in [1.807, 2.05) is 0 Å². The van der Waals surface area contributed by atoms with Crippen LogP contribution in [0.1, 0.15) is 0 Å². The molecule has 0 saturated heterocycles. The SMILES string of the molecule is O=[N+]([O-])[O-].O=[N+]([O-])[O-].O=[N+]([O-])[O-].[NH-]CC[NH-].[NH-]CC[NH-].[NH-]CC[NH-].[Rh+3]. The molecule has 0 aliphatic heterocycles. The Morgan fingerprint density at radius 2 is 0.480 bits per heavy atom. The summed E-state index contributed by atoms with van der Waals surface area (Å²) in [6.07, 6.45) is 0. The van der Waals surface area contributed by atoms with Crippen LogP contribution in [0.15, 0.2) is 0 Å². The van der Waals surface area contributed by atoms with Crippen molar-refractivity contribution in [2.45, 2.75) is 0 Å². The molecule has 0 bridgehead atoms. The van der Waals surface area contributed by atoms with Gasteiger partial charge in [-0.3, -0.25) is 0 Å². The third kappa shape index (κ3) is 9080. The third-order valence-corrected chi connectivity index (χ3v) is 0.375. The maximum Gasteiger partial charge on any atom is 3.00 e. The van der Waals surface area contributed by atoms with E-state index in [1.165, 1.54) is 0 Å².